The van der Waals surface area contributed by atoms with E-state index in [1.807, 2.05) is 25.2 Å². The Bertz CT molecular complexity index is 315. The van der Waals surface area contributed by atoms with E-state index >= 15 is 0 Å². The summed E-state index contributed by atoms with van der Waals surface area (Å²) in [6, 6.07) is 7.45. The fraction of sp³-hybridized carbons (Fsp3) is 0.538. The molecule has 0 saturated heterocycles. The monoisotopic (exact) mass is 222 g/mol. The lowest BCUT2D eigenvalue weighted by Crippen LogP contribution is -2.29. The average Bonchev–Trinajstić information content (AvgIpc) is 2.17. The second kappa shape index (κ2) is 6.51. The fourth-order valence-electron chi connectivity index (χ4n) is 1.98. The minimum atomic E-state index is 0.342. The Kier molecular flexibility index (Phi) is 5.29. The van der Waals surface area contributed by atoms with Gasteiger partial charge in [-0.2, -0.15) is 0 Å². The molecule has 0 aliphatic rings. The van der Waals surface area contributed by atoms with Gasteiger partial charge in [-0.05, 0) is 44.3 Å². The van der Waals surface area contributed by atoms with Crippen molar-refractivity contribution in [2.75, 3.05) is 27.2 Å². The number of nitrogens with one attached hydrogen (secondary N) is 1. The van der Waals surface area contributed by atoms with Crippen molar-refractivity contribution < 1.29 is 5.11 Å². The van der Waals surface area contributed by atoms with Crippen LogP contribution in [0.1, 0.15) is 12.5 Å². The lowest BCUT2D eigenvalue weighted by atomic mass is 10.1. The topological polar surface area (TPSA) is 35.5 Å². The number of hydrogen-bond donors (Lipinski definition) is 2. The van der Waals surface area contributed by atoms with Crippen LogP contribution in [0.2, 0.25) is 0 Å². The third-order valence-corrected chi connectivity index (χ3v) is 2.54. The largest absolute Gasteiger partial charge is 0.508 e. The molecule has 0 radical (unpaired) electrons. The number of aromatic hydroxyl groups is 1. The van der Waals surface area contributed by atoms with Crippen molar-refractivity contribution >= 4 is 0 Å². The Labute approximate surface area is 98.1 Å². The second-order valence-electron chi connectivity index (χ2n) is 4.53. The van der Waals surface area contributed by atoms with Crippen molar-refractivity contribution in [3.05, 3.63) is 29.8 Å². The Morgan fingerprint density at radius 2 is 2.19 bits per heavy atom. The van der Waals surface area contributed by atoms with Gasteiger partial charge in [0.2, 0.25) is 0 Å². The smallest absolute Gasteiger partial charge is 0.115 e. The molecule has 0 bridgehead atoms. The third-order valence-electron chi connectivity index (χ3n) is 2.54. The van der Waals surface area contributed by atoms with Crippen LogP contribution < -0.4 is 5.32 Å². The van der Waals surface area contributed by atoms with Gasteiger partial charge in [0, 0.05) is 13.1 Å². The molecule has 1 rings (SSSR count). The molecule has 16 heavy (non-hydrogen) atoms. The van der Waals surface area contributed by atoms with Crippen molar-refractivity contribution in [1.29, 1.82) is 0 Å². The van der Waals surface area contributed by atoms with Crippen LogP contribution in [-0.2, 0) is 6.54 Å². The summed E-state index contributed by atoms with van der Waals surface area (Å²) in [6.45, 7) is 5.19. The summed E-state index contributed by atoms with van der Waals surface area (Å²) in [4.78, 5) is 2.27. The Morgan fingerprint density at radius 1 is 1.44 bits per heavy atom. The van der Waals surface area contributed by atoms with E-state index in [1.165, 1.54) is 0 Å². The summed E-state index contributed by atoms with van der Waals surface area (Å²) >= 11 is 0. The highest BCUT2D eigenvalue weighted by Crippen LogP contribution is 2.12. The number of phenols is 1. The second-order valence-corrected chi connectivity index (χ2v) is 4.53. The van der Waals surface area contributed by atoms with E-state index < -0.39 is 0 Å². The molecule has 0 fully saturated rings. The van der Waals surface area contributed by atoms with Gasteiger partial charge >= 0.3 is 0 Å². The number of rotatable bonds is 6. The summed E-state index contributed by atoms with van der Waals surface area (Å²) in [6.07, 6.45) is 0. The van der Waals surface area contributed by atoms with E-state index in [-0.39, 0.29) is 0 Å². The first-order valence-corrected chi connectivity index (χ1v) is 5.73. The lowest BCUT2D eigenvalue weighted by Gasteiger charge is -2.21. The summed E-state index contributed by atoms with van der Waals surface area (Å²) < 4.78 is 0. The molecule has 0 aliphatic heterocycles. The van der Waals surface area contributed by atoms with Gasteiger partial charge in [0.25, 0.3) is 0 Å². The van der Waals surface area contributed by atoms with E-state index in [2.05, 4.69) is 24.2 Å². The molecule has 1 aromatic rings. The number of nitrogens with zero attached hydrogens (tertiary/aromatic N) is 1. The summed E-state index contributed by atoms with van der Waals surface area (Å²) in [5.74, 6) is 0.974. The Morgan fingerprint density at radius 3 is 2.81 bits per heavy atom. The van der Waals surface area contributed by atoms with Gasteiger partial charge in [-0.1, -0.05) is 19.1 Å². The van der Waals surface area contributed by atoms with E-state index in [0.717, 1.165) is 25.2 Å². The normalized spacial score (nSPS) is 13.0. The zero-order chi connectivity index (χ0) is 12.0. The zero-order valence-corrected chi connectivity index (χ0v) is 10.4. The summed E-state index contributed by atoms with van der Waals surface area (Å²) in [5.41, 5.74) is 1.15. The molecule has 3 nitrogen and oxygen atoms in total. The van der Waals surface area contributed by atoms with E-state index in [9.17, 15) is 5.11 Å². The maximum atomic E-state index is 9.36. The van der Waals surface area contributed by atoms with Crippen LogP contribution in [0, 0.1) is 5.92 Å². The highest BCUT2D eigenvalue weighted by molar-refractivity contribution is 5.26. The Hall–Kier alpha value is -1.06. The molecule has 2 N–H and O–H groups in total. The van der Waals surface area contributed by atoms with Gasteiger partial charge in [-0.25, -0.2) is 0 Å². The summed E-state index contributed by atoms with van der Waals surface area (Å²) in [5, 5.41) is 12.5. The molecule has 0 aromatic heterocycles. The third kappa shape index (κ3) is 4.64. The van der Waals surface area contributed by atoms with Crippen LogP contribution in [0.25, 0.3) is 0 Å². The quantitative estimate of drug-likeness (QED) is 0.768. The van der Waals surface area contributed by atoms with Crippen LogP contribution in [0.3, 0.4) is 0 Å². The van der Waals surface area contributed by atoms with E-state index in [1.54, 1.807) is 6.07 Å². The molecule has 0 saturated carbocycles. The SMILES string of the molecule is CNCC(C)CN(C)Cc1cccc(O)c1. The van der Waals surface area contributed by atoms with Crippen LogP contribution in [0.5, 0.6) is 5.75 Å². The zero-order valence-electron chi connectivity index (χ0n) is 10.4. The van der Waals surface area contributed by atoms with Crippen LogP contribution in [-0.4, -0.2) is 37.2 Å². The molecule has 1 atom stereocenters. The lowest BCUT2D eigenvalue weighted by molar-refractivity contribution is 0.276. The molecule has 0 aliphatic carbocycles. The molecule has 90 valence electrons. The average molecular weight is 222 g/mol. The van der Waals surface area contributed by atoms with Gasteiger partial charge in [0.1, 0.15) is 5.75 Å². The van der Waals surface area contributed by atoms with Crippen molar-refractivity contribution in [1.82, 2.24) is 10.2 Å². The number of benzene rings is 1. The molecule has 1 unspecified atom stereocenters. The van der Waals surface area contributed by atoms with Crippen molar-refractivity contribution in [2.45, 2.75) is 13.5 Å². The Balaban J connectivity index is 2.42. The standard InChI is InChI=1S/C13H22N2O/c1-11(8-14-2)9-15(3)10-12-5-4-6-13(16)7-12/h4-7,11,14,16H,8-10H2,1-3H3. The minimum absolute atomic E-state index is 0.342. The molecule has 0 heterocycles. The highest BCUT2D eigenvalue weighted by atomic mass is 16.3. The molecule has 0 amide bonds. The molecule has 3 heteroatoms. The van der Waals surface area contributed by atoms with Gasteiger partial charge in [-0.15, -0.1) is 0 Å². The first-order valence-electron chi connectivity index (χ1n) is 5.73. The van der Waals surface area contributed by atoms with Gasteiger partial charge < -0.3 is 15.3 Å². The van der Waals surface area contributed by atoms with E-state index in [0.29, 0.717) is 11.7 Å². The number of phenolic OH excluding ortho intramolecular Hbond substituents is 1. The van der Waals surface area contributed by atoms with Gasteiger partial charge in [0.05, 0.1) is 0 Å². The van der Waals surface area contributed by atoms with Crippen LogP contribution in [0.15, 0.2) is 24.3 Å². The predicted molar refractivity (Wildman–Crippen MR) is 67.5 cm³/mol. The molecular formula is C13H22N2O. The van der Waals surface area contributed by atoms with E-state index in [4.69, 9.17) is 0 Å². The van der Waals surface area contributed by atoms with Crippen molar-refractivity contribution in [2.24, 2.45) is 5.92 Å². The summed E-state index contributed by atoms with van der Waals surface area (Å²) in [7, 11) is 4.09. The molecule has 1 aromatic carbocycles. The van der Waals surface area contributed by atoms with Crippen LogP contribution in [0.4, 0.5) is 0 Å². The van der Waals surface area contributed by atoms with Crippen molar-refractivity contribution in [3.63, 3.8) is 0 Å². The van der Waals surface area contributed by atoms with Crippen molar-refractivity contribution in [3.8, 4) is 5.75 Å². The highest BCUT2D eigenvalue weighted by Gasteiger charge is 2.06. The van der Waals surface area contributed by atoms with Gasteiger partial charge in [0.15, 0.2) is 0 Å². The fourth-order valence-corrected chi connectivity index (χ4v) is 1.98. The minimum Gasteiger partial charge on any atom is -0.508 e. The first kappa shape index (κ1) is 13.0. The van der Waals surface area contributed by atoms with Crippen LogP contribution >= 0.6 is 0 Å². The predicted octanol–water partition coefficient (Wildman–Crippen LogP) is 1.68. The molecular weight excluding hydrogens is 200 g/mol. The maximum absolute atomic E-state index is 9.36. The maximum Gasteiger partial charge on any atom is 0.115 e. The molecule has 0 spiro atoms. The first-order chi connectivity index (χ1) is 7.61. The number of hydrogen-bond acceptors (Lipinski definition) is 3. The van der Waals surface area contributed by atoms with Gasteiger partial charge in [-0.3, -0.25) is 0 Å².